The summed E-state index contributed by atoms with van der Waals surface area (Å²) in [6, 6.07) is 33.5. The third-order valence-corrected chi connectivity index (χ3v) is 6.17. The molecule has 0 radical (unpaired) electrons. The molecule has 0 bridgehead atoms. The van der Waals surface area contributed by atoms with Crippen LogP contribution in [0.4, 0.5) is 0 Å². The molecule has 0 nitrogen and oxygen atoms in total. The van der Waals surface area contributed by atoms with Crippen molar-refractivity contribution in [2.75, 3.05) is 0 Å². The zero-order chi connectivity index (χ0) is 19.3. The van der Waals surface area contributed by atoms with Crippen LogP contribution < -0.4 is 0 Å². The Hall–Kier alpha value is -3.12. The molecule has 0 saturated heterocycles. The fraction of sp³-hybridized carbons (Fsp3) is 0.143. The SMILES string of the molecule is Cc1ccc2c(c1)-c1ccccc1-c1ccccc1-c1ccccc1C2(C)C. The van der Waals surface area contributed by atoms with Gasteiger partial charge in [-0.1, -0.05) is 110 Å². The summed E-state index contributed by atoms with van der Waals surface area (Å²) in [4.78, 5) is 0. The van der Waals surface area contributed by atoms with Gasteiger partial charge in [-0.15, -0.1) is 0 Å². The average molecular weight is 361 g/mol. The van der Waals surface area contributed by atoms with E-state index in [1.165, 1.54) is 50.1 Å². The predicted molar refractivity (Wildman–Crippen MR) is 120 cm³/mol. The van der Waals surface area contributed by atoms with E-state index in [0.29, 0.717) is 0 Å². The second kappa shape index (κ2) is 6.21. The summed E-state index contributed by atoms with van der Waals surface area (Å²) < 4.78 is 0. The first kappa shape index (κ1) is 17.0. The smallest absolute Gasteiger partial charge is 0.0158 e. The first-order valence-electron chi connectivity index (χ1n) is 9.97. The maximum atomic E-state index is 2.36. The zero-order valence-corrected chi connectivity index (χ0v) is 16.7. The largest absolute Gasteiger partial charge is 0.0619 e. The van der Waals surface area contributed by atoms with Crippen molar-refractivity contribution < 1.29 is 0 Å². The van der Waals surface area contributed by atoms with Crippen molar-refractivity contribution in [3.05, 3.63) is 108 Å². The molecule has 4 aromatic rings. The molecule has 4 aromatic carbocycles. The Kier molecular flexibility index (Phi) is 3.77. The van der Waals surface area contributed by atoms with Crippen LogP contribution in [0.1, 0.15) is 30.5 Å². The fourth-order valence-electron chi connectivity index (χ4n) is 4.74. The van der Waals surface area contributed by atoms with Gasteiger partial charge >= 0.3 is 0 Å². The molecule has 1 aliphatic rings. The van der Waals surface area contributed by atoms with Crippen molar-refractivity contribution in [1.29, 1.82) is 0 Å². The van der Waals surface area contributed by atoms with E-state index in [1.807, 2.05) is 0 Å². The van der Waals surface area contributed by atoms with Gasteiger partial charge in [0.2, 0.25) is 0 Å². The third kappa shape index (κ3) is 2.45. The molecule has 28 heavy (non-hydrogen) atoms. The standard InChI is InChI=1S/C28H24/c1-19-16-17-27-25(18-19)23-13-7-5-11-21(23)20-10-4-6-12-22(20)24-14-8-9-15-26(24)28(27,2)3/h4-18H,1-3H3. The lowest BCUT2D eigenvalue weighted by molar-refractivity contribution is 0.644. The molecular weight excluding hydrogens is 336 g/mol. The molecule has 0 saturated carbocycles. The van der Waals surface area contributed by atoms with Gasteiger partial charge in [-0.2, -0.15) is 0 Å². The highest BCUT2D eigenvalue weighted by Gasteiger charge is 2.31. The normalized spacial score (nSPS) is 13.8. The van der Waals surface area contributed by atoms with Gasteiger partial charge in [0, 0.05) is 5.41 Å². The van der Waals surface area contributed by atoms with E-state index in [2.05, 4.69) is 112 Å². The monoisotopic (exact) mass is 360 g/mol. The number of aryl methyl sites for hydroxylation is 1. The summed E-state index contributed by atoms with van der Waals surface area (Å²) in [5.74, 6) is 0. The van der Waals surface area contributed by atoms with Gasteiger partial charge in [0.15, 0.2) is 0 Å². The summed E-state index contributed by atoms with van der Waals surface area (Å²) in [5.41, 5.74) is 11.8. The van der Waals surface area contributed by atoms with E-state index in [9.17, 15) is 0 Å². The van der Waals surface area contributed by atoms with E-state index in [4.69, 9.17) is 0 Å². The topological polar surface area (TPSA) is 0 Å². The Morgan fingerprint density at radius 2 is 0.893 bits per heavy atom. The minimum Gasteiger partial charge on any atom is -0.0619 e. The van der Waals surface area contributed by atoms with Crippen molar-refractivity contribution >= 4 is 0 Å². The Labute approximate surface area is 167 Å². The molecule has 0 fully saturated rings. The van der Waals surface area contributed by atoms with E-state index in [0.717, 1.165) is 0 Å². The molecule has 0 heterocycles. The summed E-state index contributed by atoms with van der Waals surface area (Å²) in [6.45, 7) is 6.90. The van der Waals surface area contributed by atoms with Gasteiger partial charge < -0.3 is 0 Å². The quantitative estimate of drug-likeness (QED) is 0.302. The van der Waals surface area contributed by atoms with Crippen LogP contribution in [-0.2, 0) is 5.41 Å². The second-order valence-corrected chi connectivity index (χ2v) is 8.31. The van der Waals surface area contributed by atoms with Gasteiger partial charge in [-0.25, -0.2) is 0 Å². The Balaban J connectivity index is 2.02. The molecule has 0 aromatic heterocycles. The van der Waals surface area contributed by atoms with Gasteiger partial charge in [0.25, 0.3) is 0 Å². The van der Waals surface area contributed by atoms with Crippen LogP contribution in [0.5, 0.6) is 0 Å². The molecule has 1 aliphatic carbocycles. The number of rotatable bonds is 0. The van der Waals surface area contributed by atoms with Crippen LogP contribution in [0.3, 0.4) is 0 Å². The molecule has 0 heteroatoms. The zero-order valence-electron chi connectivity index (χ0n) is 16.7. The molecule has 0 atom stereocenters. The molecule has 0 unspecified atom stereocenters. The van der Waals surface area contributed by atoms with Gasteiger partial charge in [0.05, 0.1) is 0 Å². The van der Waals surface area contributed by atoms with Gasteiger partial charge in [-0.3, -0.25) is 0 Å². The molecular formula is C28H24. The first-order valence-corrected chi connectivity index (χ1v) is 9.97. The van der Waals surface area contributed by atoms with Crippen LogP contribution >= 0.6 is 0 Å². The Morgan fingerprint density at radius 1 is 0.464 bits per heavy atom. The Morgan fingerprint density at radius 3 is 1.50 bits per heavy atom. The van der Waals surface area contributed by atoms with Crippen LogP contribution in [0.2, 0.25) is 0 Å². The predicted octanol–water partition coefficient (Wildman–Crippen LogP) is 7.64. The van der Waals surface area contributed by atoms with Crippen molar-refractivity contribution in [3.63, 3.8) is 0 Å². The molecule has 0 amide bonds. The minimum atomic E-state index is -0.107. The average Bonchev–Trinajstić information content (AvgIpc) is 2.75. The van der Waals surface area contributed by atoms with Gasteiger partial charge in [-0.05, 0) is 51.4 Å². The summed E-state index contributed by atoms with van der Waals surface area (Å²) in [7, 11) is 0. The summed E-state index contributed by atoms with van der Waals surface area (Å²) in [5, 5.41) is 0. The van der Waals surface area contributed by atoms with Crippen LogP contribution in [0.15, 0.2) is 91.0 Å². The molecule has 0 spiro atoms. The van der Waals surface area contributed by atoms with Crippen molar-refractivity contribution in [2.45, 2.75) is 26.2 Å². The van der Waals surface area contributed by atoms with Gasteiger partial charge in [0.1, 0.15) is 0 Å². The van der Waals surface area contributed by atoms with Crippen molar-refractivity contribution in [1.82, 2.24) is 0 Å². The summed E-state index contributed by atoms with van der Waals surface area (Å²) in [6.07, 6.45) is 0. The highest BCUT2D eigenvalue weighted by molar-refractivity contribution is 5.94. The van der Waals surface area contributed by atoms with Crippen molar-refractivity contribution in [2.24, 2.45) is 0 Å². The number of fused-ring (bicyclic) bond motifs is 7. The minimum absolute atomic E-state index is 0.107. The lowest BCUT2D eigenvalue weighted by Crippen LogP contribution is -2.21. The van der Waals surface area contributed by atoms with Crippen LogP contribution in [0.25, 0.3) is 33.4 Å². The molecule has 0 N–H and O–H groups in total. The summed E-state index contributed by atoms with van der Waals surface area (Å²) >= 11 is 0. The highest BCUT2D eigenvalue weighted by atomic mass is 14.3. The lowest BCUT2D eigenvalue weighted by Gasteiger charge is -2.30. The number of hydrogen-bond acceptors (Lipinski definition) is 0. The van der Waals surface area contributed by atoms with Crippen LogP contribution in [0, 0.1) is 6.92 Å². The Bertz CT molecular complexity index is 1190. The first-order chi connectivity index (χ1) is 13.6. The van der Waals surface area contributed by atoms with Crippen molar-refractivity contribution in [3.8, 4) is 33.4 Å². The maximum absolute atomic E-state index is 2.36. The molecule has 0 aliphatic heterocycles. The fourth-order valence-corrected chi connectivity index (χ4v) is 4.74. The maximum Gasteiger partial charge on any atom is 0.0158 e. The van der Waals surface area contributed by atoms with E-state index >= 15 is 0 Å². The number of benzene rings is 4. The van der Waals surface area contributed by atoms with E-state index < -0.39 is 0 Å². The second-order valence-electron chi connectivity index (χ2n) is 8.31. The number of hydrogen-bond donors (Lipinski definition) is 0. The van der Waals surface area contributed by atoms with E-state index in [-0.39, 0.29) is 5.41 Å². The highest BCUT2D eigenvalue weighted by Crippen LogP contribution is 2.48. The molecule has 5 rings (SSSR count). The lowest BCUT2D eigenvalue weighted by atomic mass is 9.73. The van der Waals surface area contributed by atoms with E-state index in [1.54, 1.807) is 0 Å². The molecule has 136 valence electrons. The van der Waals surface area contributed by atoms with Crippen LogP contribution in [-0.4, -0.2) is 0 Å². The third-order valence-electron chi connectivity index (χ3n) is 6.17.